The van der Waals surface area contributed by atoms with Crippen molar-refractivity contribution in [1.82, 2.24) is 19.9 Å². The molecule has 0 aliphatic heterocycles. The summed E-state index contributed by atoms with van der Waals surface area (Å²) in [6, 6.07) is 21.9. The zero-order chi connectivity index (χ0) is 28.8. The molecule has 5 aromatic rings. The highest BCUT2D eigenvalue weighted by Crippen LogP contribution is 2.32. The van der Waals surface area contributed by atoms with E-state index in [1.54, 1.807) is 48.7 Å². The van der Waals surface area contributed by atoms with Crippen LogP contribution in [0.25, 0.3) is 22.2 Å². The summed E-state index contributed by atoms with van der Waals surface area (Å²) >= 11 is 6.44. The Morgan fingerprint density at radius 3 is 2.37 bits per heavy atom. The molecule has 2 amide bonds. The number of halogens is 1. The van der Waals surface area contributed by atoms with Crippen LogP contribution in [0.1, 0.15) is 10.4 Å². The van der Waals surface area contributed by atoms with E-state index < -0.39 is 0 Å². The molecular formula is C31H28ClN7O2. The zero-order valence-electron chi connectivity index (χ0n) is 22.5. The molecule has 5 rings (SSSR count). The van der Waals surface area contributed by atoms with Crippen molar-refractivity contribution in [1.29, 1.82) is 0 Å². The molecule has 0 spiro atoms. The van der Waals surface area contributed by atoms with Gasteiger partial charge in [0.05, 0.1) is 16.9 Å². The zero-order valence-corrected chi connectivity index (χ0v) is 23.2. The first kappa shape index (κ1) is 27.6. The van der Waals surface area contributed by atoms with E-state index in [0.29, 0.717) is 40.1 Å². The molecule has 0 aliphatic carbocycles. The number of nitrogens with zero attached hydrogens (tertiary/aromatic N) is 3. The van der Waals surface area contributed by atoms with Crippen LogP contribution in [0.4, 0.5) is 23.0 Å². The van der Waals surface area contributed by atoms with Crippen LogP contribution >= 0.6 is 11.6 Å². The number of benzene rings is 3. The number of aromatic amines is 1. The Labute approximate surface area is 242 Å². The monoisotopic (exact) mass is 565 g/mol. The second kappa shape index (κ2) is 12.5. The molecule has 0 bridgehead atoms. The quantitative estimate of drug-likeness (QED) is 0.155. The fraction of sp³-hybridized carbons (Fsp3) is 0.0968. The molecular weight excluding hydrogens is 538 g/mol. The predicted octanol–water partition coefficient (Wildman–Crippen LogP) is 6.33. The minimum atomic E-state index is -0.265. The molecule has 0 atom stereocenters. The molecule has 0 fully saturated rings. The van der Waals surface area contributed by atoms with Gasteiger partial charge in [-0.1, -0.05) is 35.9 Å². The Morgan fingerprint density at radius 2 is 1.61 bits per heavy atom. The van der Waals surface area contributed by atoms with Crippen molar-refractivity contribution in [2.24, 2.45) is 0 Å². The molecule has 0 radical (unpaired) electrons. The number of rotatable bonds is 9. The van der Waals surface area contributed by atoms with Gasteiger partial charge in [0.15, 0.2) is 0 Å². The van der Waals surface area contributed by atoms with Crippen molar-refractivity contribution in [3.8, 4) is 11.3 Å². The number of amides is 2. The van der Waals surface area contributed by atoms with E-state index >= 15 is 0 Å². The first-order valence-corrected chi connectivity index (χ1v) is 13.2. The van der Waals surface area contributed by atoms with Crippen molar-refractivity contribution in [2.45, 2.75) is 0 Å². The fourth-order valence-corrected chi connectivity index (χ4v) is 4.31. The molecule has 0 saturated carbocycles. The Kier molecular flexibility index (Phi) is 8.38. The predicted molar refractivity (Wildman–Crippen MR) is 165 cm³/mol. The number of para-hydroxylation sites is 1. The largest absolute Gasteiger partial charge is 0.360 e. The van der Waals surface area contributed by atoms with Crippen molar-refractivity contribution < 1.29 is 9.59 Å². The molecule has 0 saturated heterocycles. The van der Waals surface area contributed by atoms with Crippen LogP contribution in [-0.2, 0) is 4.79 Å². The summed E-state index contributed by atoms with van der Waals surface area (Å²) in [5.41, 5.74) is 4.95. The number of fused-ring (bicyclic) bond motifs is 1. The van der Waals surface area contributed by atoms with E-state index in [1.165, 1.54) is 6.08 Å². The number of aromatic nitrogens is 3. The highest BCUT2D eigenvalue weighted by molar-refractivity contribution is 6.33. The van der Waals surface area contributed by atoms with E-state index in [1.807, 2.05) is 61.6 Å². The Hall–Kier alpha value is -4.99. The van der Waals surface area contributed by atoms with Crippen LogP contribution in [0.3, 0.4) is 0 Å². The normalized spacial score (nSPS) is 11.2. The second-order valence-corrected chi connectivity index (χ2v) is 9.93. The SMILES string of the molecule is CN(C)C/C=C/C(=O)Nc1ccc(C(=O)Nc2ccc(Nc3ncc(Cl)c(-c4c[nH]c5ccccc45)n3)cc2)cc1. The fourth-order valence-electron chi connectivity index (χ4n) is 4.11. The summed E-state index contributed by atoms with van der Waals surface area (Å²) in [6.07, 6.45) is 6.72. The van der Waals surface area contributed by atoms with Gasteiger partial charge >= 0.3 is 0 Å². The number of likely N-dealkylation sites (N-methyl/N-ethyl adjacent to an activating group) is 1. The summed E-state index contributed by atoms with van der Waals surface area (Å²) in [5, 5.41) is 10.3. The maximum Gasteiger partial charge on any atom is 0.255 e. The summed E-state index contributed by atoms with van der Waals surface area (Å²) in [4.78, 5) is 38.9. The number of nitrogens with one attached hydrogen (secondary N) is 4. The van der Waals surface area contributed by atoms with Crippen LogP contribution in [0, 0.1) is 0 Å². The lowest BCUT2D eigenvalue weighted by Gasteiger charge is -2.10. The van der Waals surface area contributed by atoms with E-state index in [9.17, 15) is 9.59 Å². The number of anilines is 4. The van der Waals surface area contributed by atoms with Gasteiger partial charge in [-0.3, -0.25) is 9.59 Å². The second-order valence-electron chi connectivity index (χ2n) is 9.53. The smallest absolute Gasteiger partial charge is 0.255 e. The molecule has 10 heteroatoms. The maximum atomic E-state index is 12.7. The Morgan fingerprint density at radius 1 is 0.927 bits per heavy atom. The number of H-pyrrole nitrogens is 1. The van der Waals surface area contributed by atoms with E-state index in [4.69, 9.17) is 11.6 Å². The van der Waals surface area contributed by atoms with Crippen LogP contribution < -0.4 is 16.0 Å². The summed E-state index contributed by atoms with van der Waals surface area (Å²) in [5.74, 6) is -0.0957. The molecule has 0 aliphatic rings. The van der Waals surface area contributed by atoms with Crippen molar-refractivity contribution in [2.75, 3.05) is 36.6 Å². The standard InChI is InChI=1S/C31H28ClN7O2/c1-39(2)17-5-8-28(40)35-21-11-9-20(10-12-21)30(41)36-22-13-15-23(16-14-22)37-31-34-19-26(32)29(38-31)25-18-33-27-7-4-3-6-24(25)27/h3-16,18-19,33H,17H2,1-2H3,(H,35,40)(H,36,41)(H,34,37,38)/b8-5+. The maximum absolute atomic E-state index is 12.7. The first-order valence-electron chi connectivity index (χ1n) is 12.9. The van der Waals surface area contributed by atoms with E-state index in [0.717, 1.165) is 22.2 Å². The third-order valence-electron chi connectivity index (χ3n) is 6.14. The highest BCUT2D eigenvalue weighted by Gasteiger charge is 2.13. The number of carbonyl (C=O) groups is 2. The average molecular weight is 566 g/mol. The molecule has 9 nitrogen and oxygen atoms in total. The van der Waals surface area contributed by atoms with Crippen LogP contribution in [-0.4, -0.2) is 52.3 Å². The number of carbonyl (C=O) groups excluding carboxylic acids is 2. The third-order valence-corrected chi connectivity index (χ3v) is 6.42. The van der Waals surface area contributed by atoms with Crippen molar-refractivity contribution in [3.05, 3.63) is 108 Å². The van der Waals surface area contributed by atoms with Gasteiger partial charge < -0.3 is 25.8 Å². The average Bonchev–Trinajstić information content (AvgIpc) is 3.39. The first-order chi connectivity index (χ1) is 19.9. The molecule has 41 heavy (non-hydrogen) atoms. The van der Waals surface area contributed by atoms with Gasteiger partial charge in [0, 0.05) is 57.9 Å². The highest BCUT2D eigenvalue weighted by atomic mass is 35.5. The lowest BCUT2D eigenvalue weighted by molar-refractivity contribution is -0.111. The van der Waals surface area contributed by atoms with Crippen molar-refractivity contribution >= 4 is 57.3 Å². The summed E-state index contributed by atoms with van der Waals surface area (Å²) in [7, 11) is 3.85. The summed E-state index contributed by atoms with van der Waals surface area (Å²) in [6.45, 7) is 0.672. The Balaban J connectivity index is 1.20. The topological polar surface area (TPSA) is 115 Å². The lowest BCUT2D eigenvalue weighted by atomic mass is 10.1. The van der Waals surface area contributed by atoms with Crippen LogP contribution in [0.5, 0.6) is 0 Å². The Bertz CT molecular complexity index is 1710. The van der Waals surface area contributed by atoms with Gasteiger partial charge in [-0.05, 0) is 68.7 Å². The van der Waals surface area contributed by atoms with Crippen LogP contribution in [0.2, 0.25) is 5.02 Å². The van der Waals surface area contributed by atoms with Gasteiger partial charge in [-0.15, -0.1) is 0 Å². The van der Waals surface area contributed by atoms with Gasteiger partial charge in [-0.2, -0.15) is 0 Å². The van der Waals surface area contributed by atoms with Gasteiger partial charge in [0.25, 0.3) is 5.91 Å². The molecule has 2 heterocycles. The molecule has 3 aromatic carbocycles. The molecule has 0 unspecified atom stereocenters. The van der Waals surface area contributed by atoms with Crippen LogP contribution in [0.15, 0.2) is 97.3 Å². The minimum absolute atomic E-state index is 0.226. The lowest BCUT2D eigenvalue weighted by Crippen LogP contribution is -2.13. The number of hydrogen-bond acceptors (Lipinski definition) is 6. The van der Waals surface area contributed by atoms with E-state index in [-0.39, 0.29) is 11.8 Å². The summed E-state index contributed by atoms with van der Waals surface area (Å²) < 4.78 is 0. The van der Waals surface area contributed by atoms with Gasteiger partial charge in [0.2, 0.25) is 11.9 Å². The molecule has 4 N–H and O–H groups in total. The van der Waals surface area contributed by atoms with E-state index in [2.05, 4.69) is 30.9 Å². The van der Waals surface area contributed by atoms with Crippen molar-refractivity contribution in [3.63, 3.8) is 0 Å². The molecule has 206 valence electrons. The van der Waals surface area contributed by atoms with Gasteiger partial charge in [-0.25, -0.2) is 9.97 Å². The minimum Gasteiger partial charge on any atom is -0.360 e. The third kappa shape index (κ3) is 6.96. The molecule has 2 aromatic heterocycles. The number of hydrogen-bond donors (Lipinski definition) is 4. The van der Waals surface area contributed by atoms with Gasteiger partial charge in [0.1, 0.15) is 0 Å².